The van der Waals surface area contributed by atoms with Crippen molar-refractivity contribution in [2.75, 3.05) is 7.11 Å². The van der Waals surface area contributed by atoms with Crippen LogP contribution in [-0.4, -0.2) is 35.2 Å². The Morgan fingerprint density at radius 1 is 1.18 bits per heavy atom. The predicted octanol–water partition coefficient (Wildman–Crippen LogP) is 5.56. The van der Waals surface area contributed by atoms with E-state index in [0.717, 1.165) is 0 Å². The van der Waals surface area contributed by atoms with Crippen LogP contribution in [0.4, 0.5) is 23.2 Å². The number of benzene rings is 2. The first-order chi connectivity index (χ1) is 15.5. The van der Waals surface area contributed by atoms with Gasteiger partial charge in [-0.25, -0.2) is 4.39 Å². The minimum absolute atomic E-state index is 0.154. The normalized spacial score (nSPS) is 15.0. The van der Waals surface area contributed by atoms with Crippen LogP contribution in [0.15, 0.2) is 52.3 Å². The number of methoxy groups -OCH3 is 1. The van der Waals surface area contributed by atoms with Crippen molar-refractivity contribution in [3.05, 3.63) is 69.8 Å². The van der Waals surface area contributed by atoms with Gasteiger partial charge in [0.15, 0.2) is 5.60 Å². The minimum atomic E-state index is -5.02. The van der Waals surface area contributed by atoms with Crippen LogP contribution >= 0.6 is 0 Å². The van der Waals surface area contributed by atoms with Gasteiger partial charge in [-0.05, 0) is 55.5 Å². The van der Waals surface area contributed by atoms with Gasteiger partial charge in [0.2, 0.25) is 5.56 Å². The average Bonchev–Trinajstić information content (AvgIpc) is 2.76. The van der Waals surface area contributed by atoms with Crippen LogP contribution in [0.1, 0.15) is 36.8 Å². The molecule has 2 aromatic carbocycles. The van der Waals surface area contributed by atoms with Crippen molar-refractivity contribution in [3.63, 3.8) is 0 Å². The molecule has 0 radical (unpaired) electrons. The summed E-state index contributed by atoms with van der Waals surface area (Å²) in [5, 5.41) is 11.2. The van der Waals surface area contributed by atoms with Crippen molar-refractivity contribution in [2.45, 2.75) is 44.4 Å². The van der Waals surface area contributed by atoms with Crippen LogP contribution in [0.2, 0.25) is 0 Å². The number of hydrogen-bond acceptors (Lipinski definition) is 4. The summed E-state index contributed by atoms with van der Waals surface area (Å²) >= 11 is 0. The van der Waals surface area contributed by atoms with E-state index < -0.39 is 29.9 Å². The number of rotatable bonds is 7. The lowest BCUT2D eigenvalue weighted by molar-refractivity contribution is -0.232. The van der Waals surface area contributed by atoms with Crippen molar-refractivity contribution in [1.82, 2.24) is 4.98 Å². The van der Waals surface area contributed by atoms with Gasteiger partial charge in [-0.2, -0.15) is 13.2 Å². The van der Waals surface area contributed by atoms with Gasteiger partial charge in [0.25, 0.3) is 0 Å². The van der Waals surface area contributed by atoms with Crippen LogP contribution in [0.5, 0.6) is 5.75 Å². The summed E-state index contributed by atoms with van der Waals surface area (Å²) in [5.74, 6) is -1.17. The molecule has 3 rings (SSSR count). The van der Waals surface area contributed by atoms with Gasteiger partial charge in [-0.15, -0.1) is 0 Å². The molecule has 2 N–H and O–H groups in total. The fourth-order valence-electron chi connectivity index (χ4n) is 3.83. The highest BCUT2D eigenvalue weighted by atomic mass is 19.4. The van der Waals surface area contributed by atoms with E-state index in [2.05, 4.69) is 9.98 Å². The monoisotopic (exact) mass is 464 g/mol. The smallest absolute Gasteiger partial charge is 0.422 e. The first-order valence-corrected chi connectivity index (χ1v) is 10.3. The number of hydrogen-bond donors (Lipinski definition) is 2. The van der Waals surface area contributed by atoms with Gasteiger partial charge in [0.05, 0.1) is 18.3 Å². The third kappa shape index (κ3) is 4.93. The molecule has 0 spiro atoms. The molecule has 0 aliphatic heterocycles. The molecule has 5 nitrogen and oxygen atoms in total. The zero-order valence-corrected chi connectivity index (χ0v) is 18.3. The Morgan fingerprint density at radius 3 is 2.55 bits per heavy atom. The largest absolute Gasteiger partial charge is 0.496 e. The summed E-state index contributed by atoms with van der Waals surface area (Å²) in [6.45, 7) is 3.16. The van der Waals surface area contributed by atoms with E-state index in [-0.39, 0.29) is 29.0 Å². The van der Waals surface area contributed by atoms with Gasteiger partial charge in [-0.1, -0.05) is 19.1 Å². The Hall–Kier alpha value is -3.20. The standard InChI is InChI=1S/C24H24F4N2O3/c1-4-15(16-8-10-18(25)14(2)22(16)33-3)12-23(32,24(26,27)28)13-29-19-6-5-7-20-17(19)9-11-21(31)30-20/h5-11,13,15,32H,4,12H2,1-3H3,(H,30,31)/t15-,23-/m1/s1. The molecule has 0 bridgehead atoms. The second-order valence-corrected chi connectivity index (χ2v) is 7.85. The van der Waals surface area contributed by atoms with E-state index in [1.54, 1.807) is 19.1 Å². The summed E-state index contributed by atoms with van der Waals surface area (Å²) in [7, 11) is 1.32. The number of aromatic amines is 1. The molecular weight excluding hydrogens is 440 g/mol. The van der Waals surface area contributed by atoms with Gasteiger partial charge < -0.3 is 14.8 Å². The zero-order valence-electron chi connectivity index (χ0n) is 18.3. The number of pyridine rings is 1. The van der Waals surface area contributed by atoms with Crippen LogP contribution in [0, 0.1) is 12.7 Å². The molecule has 9 heteroatoms. The van der Waals surface area contributed by atoms with Crippen LogP contribution in [0.25, 0.3) is 10.9 Å². The molecule has 176 valence electrons. The van der Waals surface area contributed by atoms with Gasteiger partial charge >= 0.3 is 6.18 Å². The summed E-state index contributed by atoms with van der Waals surface area (Å²) in [4.78, 5) is 18.0. The fourth-order valence-corrected chi connectivity index (χ4v) is 3.83. The third-order valence-corrected chi connectivity index (χ3v) is 5.72. The molecule has 0 fully saturated rings. The van der Waals surface area contributed by atoms with Crippen LogP contribution in [-0.2, 0) is 0 Å². The van der Waals surface area contributed by atoms with Crippen molar-refractivity contribution in [2.24, 2.45) is 4.99 Å². The molecule has 2 atom stereocenters. The topological polar surface area (TPSA) is 74.7 Å². The lowest BCUT2D eigenvalue weighted by Crippen LogP contribution is -2.47. The van der Waals surface area contributed by atoms with Gasteiger partial charge in [0.1, 0.15) is 11.6 Å². The maximum absolute atomic E-state index is 14.0. The average molecular weight is 464 g/mol. The highest BCUT2D eigenvalue weighted by Crippen LogP contribution is 2.42. The van der Waals surface area contributed by atoms with E-state index >= 15 is 0 Å². The van der Waals surface area contributed by atoms with E-state index in [0.29, 0.717) is 22.7 Å². The number of nitrogens with one attached hydrogen (secondary N) is 1. The number of aromatic nitrogens is 1. The number of fused-ring (bicyclic) bond motifs is 1. The zero-order chi connectivity index (χ0) is 24.4. The number of nitrogens with zero attached hydrogens (tertiary/aromatic N) is 1. The summed E-state index contributed by atoms with van der Waals surface area (Å²) < 4.78 is 61.3. The molecule has 3 aromatic rings. The lowest BCUT2D eigenvalue weighted by atomic mass is 9.83. The van der Waals surface area contributed by atoms with E-state index in [1.807, 2.05) is 0 Å². The molecule has 0 aliphatic rings. The number of halogens is 4. The second-order valence-electron chi connectivity index (χ2n) is 7.85. The van der Waals surface area contributed by atoms with Crippen molar-refractivity contribution < 1.29 is 27.4 Å². The predicted molar refractivity (Wildman–Crippen MR) is 119 cm³/mol. The Bertz CT molecular complexity index is 1240. The molecule has 33 heavy (non-hydrogen) atoms. The van der Waals surface area contributed by atoms with E-state index in [1.165, 1.54) is 44.4 Å². The van der Waals surface area contributed by atoms with Crippen molar-refractivity contribution >= 4 is 22.8 Å². The molecule has 0 saturated heterocycles. The maximum atomic E-state index is 14.0. The quantitative estimate of drug-likeness (QED) is 0.355. The first-order valence-electron chi connectivity index (χ1n) is 10.3. The van der Waals surface area contributed by atoms with Crippen molar-refractivity contribution in [3.8, 4) is 5.75 Å². The Kier molecular flexibility index (Phi) is 6.92. The lowest BCUT2D eigenvalue weighted by Gasteiger charge is -2.31. The number of H-pyrrole nitrogens is 1. The maximum Gasteiger partial charge on any atom is 0.422 e. The molecule has 0 saturated carbocycles. The number of alkyl halides is 3. The first kappa shape index (κ1) is 24.4. The van der Waals surface area contributed by atoms with Gasteiger partial charge in [-0.3, -0.25) is 9.79 Å². The van der Waals surface area contributed by atoms with Crippen LogP contribution < -0.4 is 10.3 Å². The number of ether oxygens (including phenoxy) is 1. The van der Waals surface area contributed by atoms with E-state index in [4.69, 9.17) is 4.74 Å². The Morgan fingerprint density at radius 2 is 1.91 bits per heavy atom. The Balaban J connectivity index is 2.04. The number of aliphatic imine (C=N–C) groups is 1. The molecule has 0 aliphatic carbocycles. The second kappa shape index (κ2) is 9.35. The van der Waals surface area contributed by atoms with Gasteiger partial charge in [0, 0.05) is 23.2 Å². The van der Waals surface area contributed by atoms with Crippen LogP contribution in [0.3, 0.4) is 0 Å². The highest BCUT2D eigenvalue weighted by molar-refractivity contribution is 5.91. The minimum Gasteiger partial charge on any atom is -0.496 e. The molecule has 1 aromatic heterocycles. The van der Waals surface area contributed by atoms with Crippen molar-refractivity contribution in [1.29, 1.82) is 0 Å². The number of aliphatic hydroxyl groups is 1. The highest BCUT2D eigenvalue weighted by Gasteiger charge is 2.53. The Labute approximate surface area is 187 Å². The molecule has 0 unspecified atom stereocenters. The third-order valence-electron chi connectivity index (χ3n) is 5.72. The molecular formula is C24H24F4N2O3. The molecule has 0 amide bonds. The molecule has 1 heterocycles. The fraction of sp³-hybridized carbons (Fsp3) is 0.333. The summed E-state index contributed by atoms with van der Waals surface area (Å²) in [5.41, 5.74) is -2.49. The summed E-state index contributed by atoms with van der Waals surface area (Å²) in [6.07, 6.45) is -5.04. The SMILES string of the molecule is CC[C@H](C[C@@](O)(C=Nc1cccc2[nH]c(=O)ccc12)C(F)(F)F)c1ccc(F)c(C)c1OC. The summed E-state index contributed by atoms with van der Waals surface area (Å²) in [6, 6.07) is 9.87. The van der Waals surface area contributed by atoms with E-state index in [9.17, 15) is 27.5 Å².